The van der Waals surface area contributed by atoms with Crippen molar-refractivity contribution in [1.82, 2.24) is 10.2 Å². The molecule has 2 rings (SSSR count). The van der Waals surface area contributed by atoms with Gasteiger partial charge >= 0.3 is 0 Å². The highest BCUT2D eigenvalue weighted by Gasteiger charge is 2.24. The van der Waals surface area contributed by atoms with Crippen molar-refractivity contribution in [3.63, 3.8) is 0 Å². The molecule has 0 aromatic heterocycles. The molecule has 1 saturated heterocycles. The van der Waals surface area contributed by atoms with Crippen LogP contribution in [0.1, 0.15) is 51.9 Å². The summed E-state index contributed by atoms with van der Waals surface area (Å²) in [5.74, 6) is 0. The monoisotopic (exact) mass is 240 g/mol. The largest absolute Gasteiger partial charge is 0.392 e. The van der Waals surface area contributed by atoms with E-state index in [9.17, 15) is 5.11 Å². The minimum absolute atomic E-state index is 0.0936. The second kappa shape index (κ2) is 6.72. The smallest absolute Gasteiger partial charge is 0.0693 e. The van der Waals surface area contributed by atoms with Crippen LogP contribution in [0.25, 0.3) is 0 Å². The lowest BCUT2D eigenvalue weighted by Gasteiger charge is -2.33. The Hall–Kier alpha value is -0.120. The van der Waals surface area contributed by atoms with Crippen LogP contribution in [-0.2, 0) is 0 Å². The molecule has 3 heteroatoms. The van der Waals surface area contributed by atoms with Gasteiger partial charge in [0, 0.05) is 12.1 Å². The lowest BCUT2D eigenvalue weighted by Crippen LogP contribution is -2.40. The Morgan fingerprint density at radius 3 is 2.76 bits per heavy atom. The Bertz CT molecular complexity index is 222. The number of aliphatic hydroxyl groups excluding tert-OH is 1. The third-order valence-electron chi connectivity index (χ3n) is 4.45. The molecule has 1 heterocycles. The van der Waals surface area contributed by atoms with Crippen molar-refractivity contribution >= 4 is 0 Å². The zero-order valence-electron chi connectivity index (χ0n) is 11.2. The van der Waals surface area contributed by atoms with Gasteiger partial charge in [-0.3, -0.25) is 0 Å². The molecule has 3 nitrogen and oxygen atoms in total. The summed E-state index contributed by atoms with van der Waals surface area (Å²) in [7, 11) is 0. The van der Waals surface area contributed by atoms with Crippen LogP contribution in [-0.4, -0.2) is 47.8 Å². The van der Waals surface area contributed by atoms with Crippen LogP contribution in [0.5, 0.6) is 0 Å². The van der Waals surface area contributed by atoms with Crippen molar-refractivity contribution in [2.24, 2.45) is 0 Å². The average molecular weight is 240 g/mol. The van der Waals surface area contributed by atoms with Crippen molar-refractivity contribution in [2.45, 2.75) is 70.1 Å². The molecule has 2 fully saturated rings. The Labute approximate surface area is 106 Å². The molecule has 0 bridgehead atoms. The van der Waals surface area contributed by atoms with Gasteiger partial charge in [0.05, 0.1) is 6.10 Å². The van der Waals surface area contributed by atoms with Gasteiger partial charge in [0.15, 0.2) is 0 Å². The van der Waals surface area contributed by atoms with Gasteiger partial charge in [-0.2, -0.15) is 0 Å². The maximum Gasteiger partial charge on any atom is 0.0693 e. The first kappa shape index (κ1) is 13.3. The van der Waals surface area contributed by atoms with Gasteiger partial charge in [-0.05, 0) is 65.1 Å². The number of nitrogens with one attached hydrogen (secondary N) is 1. The van der Waals surface area contributed by atoms with Gasteiger partial charge in [-0.15, -0.1) is 0 Å². The number of hydrogen-bond acceptors (Lipinski definition) is 3. The highest BCUT2D eigenvalue weighted by atomic mass is 16.3. The van der Waals surface area contributed by atoms with Crippen LogP contribution < -0.4 is 5.32 Å². The topological polar surface area (TPSA) is 35.5 Å². The Balaban J connectivity index is 1.56. The fourth-order valence-electron chi connectivity index (χ4n) is 3.24. The van der Waals surface area contributed by atoms with E-state index in [4.69, 9.17) is 0 Å². The van der Waals surface area contributed by atoms with E-state index >= 15 is 0 Å². The van der Waals surface area contributed by atoms with E-state index in [-0.39, 0.29) is 6.10 Å². The molecule has 2 N–H and O–H groups in total. The van der Waals surface area contributed by atoms with Crippen molar-refractivity contribution < 1.29 is 5.11 Å². The number of aliphatic hydroxyl groups is 1. The lowest BCUT2D eigenvalue weighted by molar-refractivity contribution is 0.142. The maximum atomic E-state index is 9.71. The normalized spacial score (nSPS) is 35.3. The molecule has 1 aliphatic heterocycles. The highest BCUT2D eigenvalue weighted by molar-refractivity contribution is 4.82. The number of rotatable bonds is 5. The van der Waals surface area contributed by atoms with Crippen molar-refractivity contribution in [3.05, 3.63) is 0 Å². The maximum absolute atomic E-state index is 9.71. The lowest BCUT2D eigenvalue weighted by atomic mass is 10.0. The van der Waals surface area contributed by atoms with Crippen molar-refractivity contribution in [2.75, 3.05) is 19.6 Å². The van der Waals surface area contributed by atoms with E-state index in [2.05, 4.69) is 17.1 Å². The number of likely N-dealkylation sites (tertiary alicyclic amines) is 1. The average Bonchev–Trinajstić information content (AvgIpc) is 2.73. The van der Waals surface area contributed by atoms with E-state index in [1.165, 1.54) is 45.2 Å². The van der Waals surface area contributed by atoms with Gasteiger partial charge in [0.25, 0.3) is 0 Å². The summed E-state index contributed by atoms with van der Waals surface area (Å²) in [6.45, 7) is 5.92. The van der Waals surface area contributed by atoms with E-state index in [0.29, 0.717) is 6.04 Å². The second-order valence-corrected chi connectivity index (χ2v) is 5.79. The van der Waals surface area contributed by atoms with E-state index in [0.717, 1.165) is 25.4 Å². The molecule has 0 aromatic carbocycles. The Kier molecular flexibility index (Phi) is 5.26. The summed E-state index contributed by atoms with van der Waals surface area (Å²) in [5, 5.41) is 13.2. The molecule has 0 amide bonds. The van der Waals surface area contributed by atoms with Crippen LogP contribution in [0.15, 0.2) is 0 Å². The summed E-state index contributed by atoms with van der Waals surface area (Å²) in [6, 6.07) is 1.15. The van der Waals surface area contributed by atoms with Crippen molar-refractivity contribution in [1.29, 1.82) is 0 Å². The van der Waals surface area contributed by atoms with E-state index < -0.39 is 0 Å². The molecule has 2 aliphatic rings. The van der Waals surface area contributed by atoms with Crippen molar-refractivity contribution in [3.8, 4) is 0 Å². The SMILES string of the molecule is CC1CCCCN1CCCN[C@@H]1CCC[C@H]1O. The molecule has 0 radical (unpaired) electrons. The van der Waals surface area contributed by atoms with E-state index in [1.807, 2.05) is 0 Å². The summed E-state index contributed by atoms with van der Waals surface area (Å²) in [6.07, 6.45) is 8.60. The zero-order valence-corrected chi connectivity index (χ0v) is 11.2. The minimum atomic E-state index is -0.0936. The van der Waals surface area contributed by atoms with Gasteiger partial charge in [-0.25, -0.2) is 0 Å². The van der Waals surface area contributed by atoms with Gasteiger partial charge in [-0.1, -0.05) is 6.42 Å². The molecular weight excluding hydrogens is 212 g/mol. The molecule has 100 valence electrons. The minimum Gasteiger partial charge on any atom is -0.392 e. The number of hydrogen-bond donors (Lipinski definition) is 2. The molecule has 1 saturated carbocycles. The summed E-state index contributed by atoms with van der Waals surface area (Å²) in [4.78, 5) is 2.62. The van der Waals surface area contributed by atoms with E-state index in [1.54, 1.807) is 0 Å². The van der Waals surface area contributed by atoms with Crippen LogP contribution in [0.2, 0.25) is 0 Å². The summed E-state index contributed by atoms with van der Waals surface area (Å²) in [5.41, 5.74) is 0. The molecule has 1 aliphatic carbocycles. The van der Waals surface area contributed by atoms with Crippen LogP contribution in [0.4, 0.5) is 0 Å². The Morgan fingerprint density at radius 2 is 2.06 bits per heavy atom. The molecule has 17 heavy (non-hydrogen) atoms. The zero-order chi connectivity index (χ0) is 12.1. The molecule has 1 unspecified atom stereocenters. The fourth-order valence-corrected chi connectivity index (χ4v) is 3.24. The first-order valence-electron chi connectivity index (χ1n) is 7.43. The number of nitrogens with zero attached hydrogens (tertiary/aromatic N) is 1. The fraction of sp³-hybridized carbons (Fsp3) is 1.00. The third kappa shape index (κ3) is 3.94. The summed E-state index contributed by atoms with van der Waals surface area (Å²) >= 11 is 0. The predicted octanol–water partition coefficient (Wildman–Crippen LogP) is 1.75. The molecule has 3 atom stereocenters. The molecule has 0 spiro atoms. The van der Waals surface area contributed by atoms with Gasteiger partial charge in [0.2, 0.25) is 0 Å². The predicted molar refractivity (Wildman–Crippen MR) is 71.2 cm³/mol. The van der Waals surface area contributed by atoms with Crippen LogP contribution >= 0.6 is 0 Å². The molecular formula is C14H28N2O. The van der Waals surface area contributed by atoms with Crippen LogP contribution in [0.3, 0.4) is 0 Å². The van der Waals surface area contributed by atoms with Gasteiger partial charge < -0.3 is 15.3 Å². The standard InChI is InChI=1S/C14H28N2O/c1-12-6-2-3-10-16(12)11-5-9-15-13-7-4-8-14(13)17/h12-15,17H,2-11H2,1H3/t12?,13-,14-/m1/s1. The highest BCUT2D eigenvalue weighted by Crippen LogP contribution is 2.19. The number of piperidine rings is 1. The third-order valence-corrected chi connectivity index (χ3v) is 4.45. The van der Waals surface area contributed by atoms with Crippen LogP contribution in [0, 0.1) is 0 Å². The summed E-state index contributed by atoms with van der Waals surface area (Å²) < 4.78 is 0. The molecule has 0 aromatic rings. The quantitative estimate of drug-likeness (QED) is 0.719. The van der Waals surface area contributed by atoms with Gasteiger partial charge in [0.1, 0.15) is 0 Å². The second-order valence-electron chi connectivity index (χ2n) is 5.79. The first-order chi connectivity index (χ1) is 8.27. The Morgan fingerprint density at radius 1 is 1.18 bits per heavy atom. The first-order valence-corrected chi connectivity index (χ1v) is 7.43.